The van der Waals surface area contributed by atoms with Crippen molar-refractivity contribution in [2.75, 3.05) is 13.6 Å². The predicted octanol–water partition coefficient (Wildman–Crippen LogP) is 0.974. The molecule has 1 aliphatic carbocycles. The smallest absolute Gasteiger partial charge is 0.407 e. The molecule has 1 aromatic carbocycles. The van der Waals surface area contributed by atoms with Gasteiger partial charge in [0.15, 0.2) is 5.58 Å². The minimum atomic E-state index is -0.495. The molecule has 2 aromatic rings. The summed E-state index contributed by atoms with van der Waals surface area (Å²) in [7, 11) is 3.25. The topological polar surface area (TPSA) is 75.7 Å². The Morgan fingerprint density at radius 1 is 1.52 bits per heavy atom. The highest BCUT2D eigenvalue weighted by Crippen LogP contribution is 2.33. The summed E-state index contributed by atoms with van der Waals surface area (Å²) < 4.78 is 6.53. The van der Waals surface area contributed by atoms with Gasteiger partial charge in [-0.1, -0.05) is 6.07 Å². The molecule has 1 N–H and O–H groups in total. The number of carbonyl (C=O) groups excluding carboxylic acids is 1. The van der Waals surface area contributed by atoms with Gasteiger partial charge in [0.05, 0.1) is 17.2 Å². The van der Waals surface area contributed by atoms with Crippen LogP contribution in [0.2, 0.25) is 0 Å². The first-order valence-corrected chi connectivity index (χ1v) is 7.01. The highest BCUT2D eigenvalue weighted by atomic mass is 16.4. The lowest BCUT2D eigenvalue weighted by atomic mass is 10.1. The maximum atomic E-state index is 12.5. The van der Waals surface area contributed by atoms with E-state index in [1.54, 1.807) is 32.3 Å². The van der Waals surface area contributed by atoms with Crippen molar-refractivity contribution in [2.24, 2.45) is 13.0 Å². The van der Waals surface area contributed by atoms with E-state index >= 15 is 0 Å². The summed E-state index contributed by atoms with van der Waals surface area (Å²) >= 11 is 0. The monoisotopic (exact) mass is 290 g/mol. The van der Waals surface area contributed by atoms with Crippen LogP contribution in [0.5, 0.6) is 0 Å². The lowest BCUT2D eigenvalue weighted by Crippen LogP contribution is -2.35. The maximum absolute atomic E-state index is 12.5. The van der Waals surface area contributed by atoms with E-state index in [0.29, 0.717) is 22.6 Å². The molecule has 0 radical (unpaired) electrons. The molecule has 1 fully saturated rings. The standard InChI is InChI=1S/C15H18N2O4/c1-16(8-12(18)9-6-7-9)14(19)10-4-3-5-11-13(10)21-15(20)17(11)2/h3-5,9,12,18H,6-8H2,1-2H3. The van der Waals surface area contributed by atoms with Gasteiger partial charge < -0.3 is 14.4 Å². The van der Waals surface area contributed by atoms with Crippen LogP contribution in [0.4, 0.5) is 0 Å². The van der Waals surface area contributed by atoms with Crippen molar-refractivity contribution < 1.29 is 14.3 Å². The Hall–Kier alpha value is -2.08. The second-order valence-corrected chi connectivity index (χ2v) is 5.67. The first kappa shape index (κ1) is 13.9. The molecule has 1 unspecified atom stereocenters. The molecular weight excluding hydrogens is 272 g/mol. The number of aliphatic hydroxyl groups is 1. The molecule has 112 valence electrons. The van der Waals surface area contributed by atoms with Crippen LogP contribution < -0.4 is 5.76 Å². The molecule has 3 rings (SSSR count). The van der Waals surface area contributed by atoms with Crippen LogP contribution >= 0.6 is 0 Å². The van der Waals surface area contributed by atoms with Crippen molar-refractivity contribution in [1.82, 2.24) is 9.47 Å². The lowest BCUT2D eigenvalue weighted by molar-refractivity contribution is 0.0646. The number of hydrogen-bond donors (Lipinski definition) is 1. The van der Waals surface area contributed by atoms with Crippen molar-refractivity contribution in [3.63, 3.8) is 0 Å². The third-order valence-electron chi connectivity index (χ3n) is 4.02. The van der Waals surface area contributed by atoms with Crippen LogP contribution in [0.1, 0.15) is 23.2 Å². The molecule has 6 nitrogen and oxygen atoms in total. The number of benzene rings is 1. The van der Waals surface area contributed by atoms with Gasteiger partial charge in [-0.3, -0.25) is 9.36 Å². The van der Waals surface area contributed by atoms with Gasteiger partial charge in [0.2, 0.25) is 0 Å². The molecule has 1 saturated carbocycles. The zero-order valence-electron chi connectivity index (χ0n) is 12.1. The molecule has 21 heavy (non-hydrogen) atoms. The van der Waals surface area contributed by atoms with Crippen LogP contribution in [0, 0.1) is 5.92 Å². The van der Waals surface area contributed by atoms with Gasteiger partial charge >= 0.3 is 5.76 Å². The molecule has 6 heteroatoms. The van der Waals surface area contributed by atoms with E-state index in [9.17, 15) is 14.7 Å². The SMILES string of the molecule is CN(CC(O)C1CC1)C(=O)c1cccc2c1oc(=O)n2C. The molecule has 0 saturated heterocycles. The summed E-state index contributed by atoms with van der Waals surface area (Å²) in [6.45, 7) is 0.289. The quantitative estimate of drug-likeness (QED) is 0.910. The fourth-order valence-electron chi connectivity index (χ4n) is 2.52. The number of para-hydroxylation sites is 1. The molecule has 0 aliphatic heterocycles. The van der Waals surface area contributed by atoms with Crippen molar-refractivity contribution in [1.29, 1.82) is 0 Å². The number of fused-ring (bicyclic) bond motifs is 1. The number of oxazole rings is 1. The number of aryl methyl sites for hydroxylation is 1. The molecular formula is C15H18N2O4. The fourth-order valence-corrected chi connectivity index (χ4v) is 2.52. The zero-order valence-corrected chi connectivity index (χ0v) is 12.1. The number of aromatic nitrogens is 1. The van der Waals surface area contributed by atoms with Crippen LogP contribution in [-0.2, 0) is 7.05 Å². The van der Waals surface area contributed by atoms with Crippen LogP contribution in [-0.4, -0.2) is 40.2 Å². The van der Waals surface area contributed by atoms with E-state index in [-0.39, 0.29) is 12.5 Å². The van der Waals surface area contributed by atoms with E-state index < -0.39 is 11.9 Å². The van der Waals surface area contributed by atoms with E-state index in [1.165, 1.54) is 9.47 Å². The van der Waals surface area contributed by atoms with E-state index in [0.717, 1.165) is 12.8 Å². The van der Waals surface area contributed by atoms with Gasteiger partial charge in [-0.15, -0.1) is 0 Å². The molecule has 0 spiro atoms. The largest absolute Gasteiger partial charge is 0.419 e. The highest BCUT2D eigenvalue weighted by molar-refractivity contribution is 6.04. The van der Waals surface area contributed by atoms with Crippen molar-refractivity contribution >= 4 is 17.0 Å². The minimum absolute atomic E-state index is 0.255. The maximum Gasteiger partial charge on any atom is 0.419 e. The average molecular weight is 290 g/mol. The van der Waals surface area contributed by atoms with Crippen molar-refractivity contribution in [3.8, 4) is 0 Å². The average Bonchev–Trinajstić information content (AvgIpc) is 3.26. The Morgan fingerprint density at radius 2 is 2.24 bits per heavy atom. The number of nitrogens with zero attached hydrogens (tertiary/aromatic N) is 2. The number of hydrogen-bond acceptors (Lipinski definition) is 4. The normalized spacial score (nSPS) is 16.1. The Morgan fingerprint density at radius 3 is 2.90 bits per heavy atom. The molecule has 1 aliphatic rings. The summed E-state index contributed by atoms with van der Waals surface area (Å²) in [5.41, 5.74) is 1.22. The van der Waals surface area contributed by atoms with Gasteiger partial charge in [-0.25, -0.2) is 4.79 Å². The van der Waals surface area contributed by atoms with E-state index in [1.807, 2.05) is 0 Å². The van der Waals surface area contributed by atoms with E-state index in [4.69, 9.17) is 4.42 Å². The molecule has 1 amide bonds. The lowest BCUT2D eigenvalue weighted by Gasteiger charge is -2.20. The Labute approximate surface area is 121 Å². The Bertz CT molecular complexity index is 742. The molecule has 1 aromatic heterocycles. The van der Waals surface area contributed by atoms with Gasteiger partial charge in [0.1, 0.15) is 0 Å². The van der Waals surface area contributed by atoms with Gasteiger partial charge in [0, 0.05) is 20.6 Å². The predicted molar refractivity (Wildman–Crippen MR) is 77.1 cm³/mol. The van der Waals surface area contributed by atoms with Gasteiger partial charge in [-0.05, 0) is 30.9 Å². The Balaban J connectivity index is 1.90. The number of carbonyl (C=O) groups is 1. The number of likely N-dealkylation sites (N-methyl/N-ethyl adjacent to an activating group) is 1. The van der Waals surface area contributed by atoms with Crippen molar-refractivity contribution in [2.45, 2.75) is 18.9 Å². The van der Waals surface area contributed by atoms with Crippen LogP contribution in [0.3, 0.4) is 0 Å². The minimum Gasteiger partial charge on any atom is -0.407 e. The summed E-state index contributed by atoms with van der Waals surface area (Å²) in [5.74, 6) is -0.439. The fraction of sp³-hybridized carbons (Fsp3) is 0.467. The summed E-state index contributed by atoms with van der Waals surface area (Å²) in [6, 6.07) is 5.08. The summed E-state index contributed by atoms with van der Waals surface area (Å²) in [4.78, 5) is 25.6. The second-order valence-electron chi connectivity index (χ2n) is 5.67. The first-order valence-electron chi connectivity index (χ1n) is 7.01. The summed E-state index contributed by atoms with van der Waals surface area (Å²) in [6.07, 6.45) is 1.56. The van der Waals surface area contributed by atoms with Crippen LogP contribution in [0.25, 0.3) is 11.1 Å². The summed E-state index contributed by atoms with van der Waals surface area (Å²) in [5, 5.41) is 9.95. The van der Waals surface area contributed by atoms with Crippen LogP contribution in [0.15, 0.2) is 27.4 Å². The first-order chi connectivity index (χ1) is 9.99. The van der Waals surface area contributed by atoms with Crippen molar-refractivity contribution in [3.05, 3.63) is 34.3 Å². The third kappa shape index (κ3) is 2.47. The van der Waals surface area contributed by atoms with Gasteiger partial charge in [0.25, 0.3) is 5.91 Å². The molecule has 1 heterocycles. The number of amides is 1. The Kier molecular flexibility index (Phi) is 3.33. The molecule has 0 bridgehead atoms. The van der Waals surface area contributed by atoms with E-state index in [2.05, 4.69) is 0 Å². The third-order valence-corrected chi connectivity index (χ3v) is 4.02. The highest BCUT2D eigenvalue weighted by Gasteiger charge is 2.31. The van der Waals surface area contributed by atoms with Gasteiger partial charge in [-0.2, -0.15) is 0 Å². The molecule has 1 atom stereocenters. The number of rotatable bonds is 4. The second kappa shape index (κ2) is 5.04. The number of aliphatic hydroxyl groups excluding tert-OH is 1. The zero-order chi connectivity index (χ0) is 15.1.